The van der Waals surface area contributed by atoms with Crippen molar-refractivity contribution in [3.05, 3.63) is 84.2 Å². The Kier molecular flexibility index (Phi) is 4.95. The van der Waals surface area contributed by atoms with Crippen LogP contribution >= 0.6 is 0 Å². The van der Waals surface area contributed by atoms with Gasteiger partial charge < -0.3 is 4.90 Å². The van der Waals surface area contributed by atoms with Crippen molar-refractivity contribution in [1.29, 1.82) is 5.26 Å². The molecule has 26 heavy (non-hydrogen) atoms. The van der Waals surface area contributed by atoms with Gasteiger partial charge in [0.1, 0.15) is 11.6 Å². The number of aromatic nitrogens is 2. The second kappa shape index (κ2) is 7.49. The molecule has 0 radical (unpaired) electrons. The van der Waals surface area contributed by atoms with Crippen LogP contribution in [0.3, 0.4) is 0 Å². The van der Waals surface area contributed by atoms with Crippen molar-refractivity contribution in [2.45, 2.75) is 0 Å². The molecule has 0 atom stereocenters. The van der Waals surface area contributed by atoms with Gasteiger partial charge in [-0.2, -0.15) is 10.4 Å². The van der Waals surface area contributed by atoms with Crippen LogP contribution in [0.4, 0.5) is 0 Å². The van der Waals surface area contributed by atoms with Crippen molar-refractivity contribution in [3.8, 4) is 23.0 Å². The SMILES string of the molecule is CN(C)/C=C/C(=O)c1nn(-c2ccccc2)c(-c2ccccc2)c1C#N. The zero-order valence-electron chi connectivity index (χ0n) is 14.6. The minimum atomic E-state index is -0.304. The van der Waals surface area contributed by atoms with E-state index in [4.69, 9.17) is 0 Å². The lowest BCUT2D eigenvalue weighted by molar-refractivity contribution is 0.104. The normalized spacial score (nSPS) is 10.7. The van der Waals surface area contributed by atoms with E-state index in [1.807, 2.05) is 74.8 Å². The van der Waals surface area contributed by atoms with Crippen LogP contribution in [0.15, 0.2) is 72.9 Å². The van der Waals surface area contributed by atoms with Crippen molar-refractivity contribution >= 4 is 5.78 Å². The first-order chi connectivity index (χ1) is 12.6. The van der Waals surface area contributed by atoms with Crippen LogP contribution in [0, 0.1) is 11.3 Å². The molecule has 3 aromatic rings. The largest absolute Gasteiger partial charge is 0.383 e. The van der Waals surface area contributed by atoms with E-state index in [0.717, 1.165) is 11.3 Å². The van der Waals surface area contributed by atoms with Crippen molar-refractivity contribution in [2.75, 3.05) is 14.1 Å². The molecule has 0 spiro atoms. The third kappa shape index (κ3) is 3.40. The number of nitrogens with zero attached hydrogens (tertiary/aromatic N) is 4. The maximum atomic E-state index is 12.6. The summed E-state index contributed by atoms with van der Waals surface area (Å²) in [5.41, 5.74) is 2.65. The van der Waals surface area contributed by atoms with Gasteiger partial charge in [0, 0.05) is 31.9 Å². The molecular formula is C21H18N4O. The Balaban J connectivity index is 2.24. The summed E-state index contributed by atoms with van der Waals surface area (Å²) in [6.07, 6.45) is 3.07. The van der Waals surface area contributed by atoms with Crippen molar-refractivity contribution in [1.82, 2.24) is 14.7 Å². The second-order valence-corrected chi connectivity index (χ2v) is 5.94. The lowest BCUT2D eigenvalue weighted by Gasteiger charge is -2.07. The first-order valence-corrected chi connectivity index (χ1v) is 8.14. The number of benzene rings is 2. The maximum absolute atomic E-state index is 12.6. The minimum absolute atomic E-state index is 0.147. The Labute approximate surface area is 152 Å². The van der Waals surface area contributed by atoms with E-state index in [9.17, 15) is 10.1 Å². The average molecular weight is 342 g/mol. The molecule has 0 N–H and O–H groups in total. The minimum Gasteiger partial charge on any atom is -0.383 e. The number of allylic oxidation sites excluding steroid dienone is 1. The molecule has 3 rings (SSSR count). The molecule has 0 bridgehead atoms. The highest BCUT2D eigenvalue weighted by molar-refractivity contribution is 6.06. The quantitative estimate of drug-likeness (QED) is 0.524. The summed E-state index contributed by atoms with van der Waals surface area (Å²) in [4.78, 5) is 14.4. The monoisotopic (exact) mass is 342 g/mol. The molecule has 0 fully saturated rings. The first-order valence-electron chi connectivity index (χ1n) is 8.14. The van der Waals surface area contributed by atoms with Crippen LogP contribution in [0.25, 0.3) is 16.9 Å². The Bertz CT molecular complexity index is 980. The van der Waals surface area contributed by atoms with E-state index in [1.165, 1.54) is 6.08 Å². The molecule has 0 amide bonds. The fourth-order valence-electron chi connectivity index (χ4n) is 2.61. The van der Waals surface area contributed by atoms with E-state index >= 15 is 0 Å². The zero-order valence-corrected chi connectivity index (χ0v) is 14.6. The summed E-state index contributed by atoms with van der Waals surface area (Å²) < 4.78 is 1.66. The van der Waals surface area contributed by atoms with Gasteiger partial charge in [0.2, 0.25) is 5.78 Å². The van der Waals surface area contributed by atoms with E-state index in [1.54, 1.807) is 15.8 Å². The smallest absolute Gasteiger partial charge is 0.208 e. The molecule has 5 nitrogen and oxygen atoms in total. The summed E-state index contributed by atoms with van der Waals surface area (Å²) in [6.45, 7) is 0. The number of hydrogen-bond donors (Lipinski definition) is 0. The van der Waals surface area contributed by atoms with Gasteiger partial charge in [-0.05, 0) is 12.1 Å². The van der Waals surface area contributed by atoms with Crippen LogP contribution in [0.5, 0.6) is 0 Å². The molecule has 0 aliphatic heterocycles. The van der Waals surface area contributed by atoms with Crippen molar-refractivity contribution < 1.29 is 4.79 Å². The highest BCUT2D eigenvalue weighted by Gasteiger charge is 2.23. The summed E-state index contributed by atoms with van der Waals surface area (Å²) in [6, 6.07) is 21.2. The predicted octanol–water partition coefficient (Wildman–Crippen LogP) is 3.67. The number of hydrogen-bond acceptors (Lipinski definition) is 4. The number of carbonyl (C=O) groups excluding carboxylic acids is 1. The van der Waals surface area contributed by atoms with Gasteiger partial charge in [-0.15, -0.1) is 0 Å². The molecular weight excluding hydrogens is 324 g/mol. The lowest BCUT2D eigenvalue weighted by atomic mass is 10.0. The van der Waals surface area contributed by atoms with Gasteiger partial charge in [0.25, 0.3) is 0 Å². The summed E-state index contributed by atoms with van der Waals surface area (Å²) in [5.74, 6) is -0.304. The number of ketones is 1. The van der Waals surface area contributed by atoms with E-state index in [-0.39, 0.29) is 17.0 Å². The fraction of sp³-hybridized carbons (Fsp3) is 0.0952. The molecule has 0 aliphatic carbocycles. The van der Waals surface area contributed by atoms with Crippen LogP contribution in [0.1, 0.15) is 16.1 Å². The number of nitriles is 1. The average Bonchev–Trinajstić information content (AvgIpc) is 3.07. The predicted molar refractivity (Wildman–Crippen MR) is 101 cm³/mol. The van der Waals surface area contributed by atoms with Crippen LogP contribution in [-0.4, -0.2) is 34.6 Å². The van der Waals surface area contributed by atoms with Crippen molar-refractivity contribution in [3.63, 3.8) is 0 Å². The highest BCUT2D eigenvalue weighted by atomic mass is 16.1. The van der Waals surface area contributed by atoms with Gasteiger partial charge in [0.05, 0.1) is 11.4 Å². The molecule has 5 heteroatoms. The Morgan fingerprint density at radius 3 is 2.27 bits per heavy atom. The standard InChI is InChI=1S/C21H18N4O/c1-24(2)14-13-19(26)20-18(15-22)21(16-9-5-3-6-10-16)25(23-20)17-11-7-4-8-12-17/h3-14H,1-2H3/b14-13+. The number of para-hydroxylation sites is 1. The maximum Gasteiger partial charge on any atom is 0.208 e. The fourth-order valence-corrected chi connectivity index (χ4v) is 2.61. The Morgan fingerprint density at radius 1 is 1.08 bits per heavy atom. The van der Waals surface area contributed by atoms with Gasteiger partial charge >= 0.3 is 0 Å². The van der Waals surface area contributed by atoms with Crippen LogP contribution in [-0.2, 0) is 0 Å². The molecule has 0 saturated carbocycles. The number of carbonyl (C=O) groups is 1. The van der Waals surface area contributed by atoms with Gasteiger partial charge in [-0.25, -0.2) is 4.68 Å². The molecule has 128 valence electrons. The summed E-state index contributed by atoms with van der Waals surface area (Å²) in [7, 11) is 3.65. The molecule has 1 heterocycles. The van der Waals surface area contributed by atoms with Gasteiger partial charge in [-0.3, -0.25) is 4.79 Å². The molecule has 1 aromatic heterocycles. The van der Waals surface area contributed by atoms with E-state index in [0.29, 0.717) is 5.69 Å². The molecule has 0 saturated heterocycles. The zero-order chi connectivity index (χ0) is 18.5. The summed E-state index contributed by atoms with van der Waals surface area (Å²) >= 11 is 0. The molecule has 2 aromatic carbocycles. The van der Waals surface area contributed by atoms with Crippen LogP contribution in [0.2, 0.25) is 0 Å². The first kappa shape index (κ1) is 17.2. The lowest BCUT2D eigenvalue weighted by Crippen LogP contribution is -2.05. The highest BCUT2D eigenvalue weighted by Crippen LogP contribution is 2.29. The third-order valence-electron chi connectivity index (χ3n) is 3.80. The van der Waals surface area contributed by atoms with E-state index < -0.39 is 0 Å². The van der Waals surface area contributed by atoms with E-state index in [2.05, 4.69) is 11.2 Å². The summed E-state index contributed by atoms with van der Waals surface area (Å²) in [5, 5.41) is 14.2. The number of rotatable bonds is 5. The van der Waals surface area contributed by atoms with Crippen LogP contribution < -0.4 is 0 Å². The third-order valence-corrected chi connectivity index (χ3v) is 3.80. The molecule has 0 unspecified atom stereocenters. The Hall–Kier alpha value is -3.65. The van der Waals surface area contributed by atoms with Gasteiger partial charge in [0.15, 0.2) is 5.69 Å². The second-order valence-electron chi connectivity index (χ2n) is 5.94. The molecule has 0 aliphatic rings. The van der Waals surface area contributed by atoms with Crippen molar-refractivity contribution in [2.24, 2.45) is 0 Å². The topological polar surface area (TPSA) is 61.9 Å². The Morgan fingerprint density at radius 2 is 1.69 bits per heavy atom. The van der Waals surface area contributed by atoms with Gasteiger partial charge in [-0.1, -0.05) is 48.5 Å².